The van der Waals surface area contributed by atoms with E-state index in [1.807, 2.05) is 11.8 Å². The van der Waals surface area contributed by atoms with Crippen LogP contribution in [-0.2, 0) is 6.54 Å². The fraction of sp³-hybridized carbons (Fsp3) is 0.455. The standard InChI is InChI=1S/C11H17NS/c1-9(2)8-13-11-5-3-10(7-12)4-6-11/h3-6,9H,7-8,12H2,1-2H3. The highest BCUT2D eigenvalue weighted by atomic mass is 32.2. The lowest BCUT2D eigenvalue weighted by Crippen LogP contribution is -1.95. The Bertz CT molecular complexity index is 241. The molecule has 0 spiro atoms. The van der Waals surface area contributed by atoms with Crippen molar-refractivity contribution in [1.82, 2.24) is 0 Å². The Hall–Kier alpha value is -0.470. The predicted octanol–water partition coefficient (Wildman–Crippen LogP) is 2.89. The summed E-state index contributed by atoms with van der Waals surface area (Å²) in [5.74, 6) is 1.93. The molecule has 1 aromatic carbocycles. The van der Waals surface area contributed by atoms with Gasteiger partial charge in [0.15, 0.2) is 0 Å². The van der Waals surface area contributed by atoms with Crippen LogP contribution in [0.1, 0.15) is 19.4 Å². The first kappa shape index (κ1) is 10.6. The van der Waals surface area contributed by atoms with Crippen molar-refractivity contribution in [1.29, 1.82) is 0 Å². The van der Waals surface area contributed by atoms with Crippen LogP contribution in [0.3, 0.4) is 0 Å². The Balaban J connectivity index is 2.49. The fourth-order valence-corrected chi connectivity index (χ4v) is 1.84. The summed E-state index contributed by atoms with van der Waals surface area (Å²) in [6.45, 7) is 5.11. The maximum absolute atomic E-state index is 5.52. The van der Waals surface area contributed by atoms with Crippen LogP contribution >= 0.6 is 11.8 Å². The van der Waals surface area contributed by atoms with Gasteiger partial charge in [-0.05, 0) is 23.6 Å². The Morgan fingerprint density at radius 2 is 1.85 bits per heavy atom. The molecule has 0 aliphatic carbocycles. The third-order valence-corrected chi connectivity index (χ3v) is 3.18. The molecule has 2 N–H and O–H groups in total. The lowest BCUT2D eigenvalue weighted by molar-refractivity contribution is 0.750. The zero-order valence-corrected chi connectivity index (χ0v) is 9.10. The Morgan fingerprint density at radius 1 is 1.23 bits per heavy atom. The molecule has 0 saturated heterocycles. The average molecular weight is 195 g/mol. The molecular weight excluding hydrogens is 178 g/mol. The van der Waals surface area contributed by atoms with Crippen molar-refractivity contribution in [3.63, 3.8) is 0 Å². The summed E-state index contributed by atoms with van der Waals surface area (Å²) >= 11 is 1.91. The number of thioether (sulfide) groups is 1. The summed E-state index contributed by atoms with van der Waals surface area (Å²) < 4.78 is 0. The van der Waals surface area contributed by atoms with Crippen LogP contribution in [0.2, 0.25) is 0 Å². The van der Waals surface area contributed by atoms with Gasteiger partial charge in [0.05, 0.1) is 0 Å². The van der Waals surface area contributed by atoms with Crippen molar-refractivity contribution in [2.75, 3.05) is 5.75 Å². The van der Waals surface area contributed by atoms with Crippen molar-refractivity contribution < 1.29 is 0 Å². The highest BCUT2D eigenvalue weighted by molar-refractivity contribution is 7.99. The van der Waals surface area contributed by atoms with Gasteiger partial charge in [0.25, 0.3) is 0 Å². The Morgan fingerprint density at radius 3 is 2.31 bits per heavy atom. The van der Waals surface area contributed by atoms with E-state index in [9.17, 15) is 0 Å². The van der Waals surface area contributed by atoms with Crippen LogP contribution in [0, 0.1) is 5.92 Å². The number of rotatable bonds is 4. The van der Waals surface area contributed by atoms with E-state index < -0.39 is 0 Å². The van der Waals surface area contributed by atoms with Crippen molar-refractivity contribution >= 4 is 11.8 Å². The van der Waals surface area contributed by atoms with Crippen LogP contribution in [-0.4, -0.2) is 5.75 Å². The molecule has 1 nitrogen and oxygen atoms in total. The maximum atomic E-state index is 5.52. The second-order valence-electron chi connectivity index (χ2n) is 3.55. The van der Waals surface area contributed by atoms with Gasteiger partial charge in [0.1, 0.15) is 0 Å². The Kier molecular flexibility index (Phi) is 4.33. The van der Waals surface area contributed by atoms with Crippen molar-refractivity contribution in [2.45, 2.75) is 25.3 Å². The van der Waals surface area contributed by atoms with E-state index in [-0.39, 0.29) is 0 Å². The normalized spacial score (nSPS) is 10.8. The molecule has 0 fully saturated rings. The summed E-state index contributed by atoms with van der Waals surface area (Å²) in [6, 6.07) is 8.50. The largest absolute Gasteiger partial charge is 0.326 e. The molecule has 0 aromatic heterocycles. The molecule has 0 unspecified atom stereocenters. The van der Waals surface area contributed by atoms with Crippen molar-refractivity contribution in [3.05, 3.63) is 29.8 Å². The van der Waals surface area contributed by atoms with Crippen LogP contribution in [0.5, 0.6) is 0 Å². The molecule has 1 aromatic rings. The molecule has 0 amide bonds. The number of benzene rings is 1. The smallest absolute Gasteiger partial charge is 0.0178 e. The highest BCUT2D eigenvalue weighted by Gasteiger charge is 1.97. The van der Waals surface area contributed by atoms with Gasteiger partial charge in [0.2, 0.25) is 0 Å². The van der Waals surface area contributed by atoms with Gasteiger partial charge in [-0.2, -0.15) is 0 Å². The van der Waals surface area contributed by atoms with Crippen LogP contribution in [0.15, 0.2) is 29.2 Å². The molecule has 1 rings (SSSR count). The molecular formula is C11H17NS. The first-order valence-electron chi connectivity index (χ1n) is 4.64. The van der Waals surface area contributed by atoms with Crippen LogP contribution < -0.4 is 5.73 Å². The summed E-state index contributed by atoms with van der Waals surface area (Å²) in [4.78, 5) is 1.34. The maximum Gasteiger partial charge on any atom is 0.0178 e. The van der Waals surface area contributed by atoms with E-state index in [2.05, 4.69) is 38.1 Å². The lowest BCUT2D eigenvalue weighted by Gasteiger charge is -2.04. The van der Waals surface area contributed by atoms with Gasteiger partial charge in [-0.3, -0.25) is 0 Å². The monoisotopic (exact) mass is 195 g/mol. The first-order valence-corrected chi connectivity index (χ1v) is 5.62. The van der Waals surface area contributed by atoms with Crippen molar-refractivity contribution in [3.8, 4) is 0 Å². The summed E-state index contributed by atoms with van der Waals surface area (Å²) in [5, 5.41) is 0. The zero-order valence-electron chi connectivity index (χ0n) is 8.29. The zero-order chi connectivity index (χ0) is 9.68. The molecule has 0 radical (unpaired) electrons. The highest BCUT2D eigenvalue weighted by Crippen LogP contribution is 2.20. The topological polar surface area (TPSA) is 26.0 Å². The quantitative estimate of drug-likeness (QED) is 0.748. The molecule has 0 aliphatic heterocycles. The van der Waals surface area contributed by atoms with Gasteiger partial charge in [-0.15, -0.1) is 11.8 Å². The third kappa shape index (κ3) is 3.83. The fourth-order valence-electron chi connectivity index (χ4n) is 0.985. The van der Waals surface area contributed by atoms with E-state index in [4.69, 9.17) is 5.73 Å². The average Bonchev–Trinajstić information content (AvgIpc) is 2.15. The molecule has 0 aliphatic rings. The van der Waals surface area contributed by atoms with Crippen LogP contribution in [0.25, 0.3) is 0 Å². The third-order valence-electron chi connectivity index (χ3n) is 1.74. The summed E-state index contributed by atoms with van der Waals surface area (Å²) in [6.07, 6.45) is 0. The molecule has 0 saturated carbocycles. The van der Waals surface area contributed by atoms with E-state index in [1.54, 1.807) is 0 Å². The van der Waals surface area contributed by atoms with E-state index in [1.165, 1.54) is 16.2 Å². The van der Waals surface area contributed by atoms with E-state index in [0.717, 1.165) is 5.92 Å². The van der Waals surface area contributed by atoms with Gasteiger partial charge >= 0.3 is 0 Å². The number of hydrogen-bond acceptors (Lipinski definition) is 2. The predicted molar refractivity (Wildman–Crippen MR) is 59.9 cm³/mol. The minimum absolute atomic E-state index is 0.634. The van der Waals surface area contributed by atoms with Gasteiger partial charge in [-0.25, -0.2) is 0 Å². The van der Waals surface area contributed by atoms with Gasteiger partial charge in [-0.1, -0.05) is 26.0 Å². The molecule has 2 heteroatoms. The van der Waals surface area contributed by atoms with E-state index in [0.29, 0.717) is 6.54 Å². The second kappa shape index (κ2) is 5.30. The molecule has 0 heterocycles. The molecule has 0 bridgehead atoms. The summed E-state index contributed by atoms with van der Waals surface area (Å²) in [7, 11) is 0. The minimum atomic E-state index is 0.634. The lowest BCUT2D eigenvalue weighted by atomic mass is 10.2. The van der Waals surface area contributed by atoms with Gasteiger partial charge < -0.3 is 5.73 Å². The van der Waals surface area contributed by atoms with Crippen LogP contribution in [0.4, 0.5) is 0 Å². The minimum Gasteiger partial charge on any atom is -0.326 e. The number of nitrogens with two attached hydrogens (primary N) is 1. The Labute approximate surface area is 84.7 Å². The summed E-state index contributed by atoms with van der Waals surface area (Å²) in [5.41, 5.74) is 6.72. The van der Waals surface area contributed by atoms with Crippen molar-refractivity contribution in [2.24, 2.45) is 11.7 Å². The van der Waals surface area contributed by atoms with Gasteiger partial charge in [0, 0.05) is 17.2 Å². The molecule has 0 atom stereocenters. The molecule has 13 heavy (non-hydrogen) atoms. The molecule has 72 valence electrons. The second-order valence-corrected chi connectivity index (χ2v) is 4.65. The first-order chi connectivity index (χ1) is 6.22. The number of hydrogen-bond donors (Lipinski definition) is 1. The SMILES string of the molecule is CC(C)CSc1ccc(CN)cc1. The van der Waals surface area contributed by atoms with E-state index >= 15 is 0 Å².